The number of amides is 1. The van der Waals surface area contributed by atoms with E-state index in [1.54, 1.807) is 20.8 Å². The fourth-order valence-corrected chi connectivity index (χ4v) is 3.40. The highest BCUT2D eigenvalue weighted by molar-refractivity contribution is 5.91. The topological polar surface area (TPSA) is 155 Å². The van der Waals surface area contributed by atoms with Crippen LogP contribution in [0.2, 0.25) is 0 Å². The Morgan fingerprint density at radius 3 is 1.67 bits per heavy atom. The molecule has 0 unspecified atom stereocenters. The molecule has 2 aromatic carbocycles. The zero-order valence-corrected chi connectivity index (χ0v) is 25.9. The maximum absolute atomic E-state index is 11.9. The van der Waals surface area contributed by atoms with E-state index in [2.05, 4.69) is 11.3 Å². The van der Waals surface area contributed by atoms with Crippen molar-refractivity contribution in [2.45, 2.75) is 46.8 Å². The van der Waals surface area contributed by atoms with Gasteiger partial charge in [-0.05, 0) is 31.9 Å². The van der Waals surface area contributed by atoms with E-state index in [1.807, 2.05) is 60.7 Å². The Morgan fingerprint density at radius 1 is 0.711 bits per heavy atom. The SMILES string of the molecule is C=CC(=O)OCC.CCOC(=O)C1=C(O)CN(C(=O)OCc2ccccc2)C1.CCOC(=O)CCC(=O)OCc1ccccc1. The number of carbonyl (C=O) groups excluding carboxylic acids is 5. The minimum Gasteiger partial charge on any atom is -0.510 e. The van der Waals surface area contributed by atoms with Crippen LogP contribution in [0.5, 0.6) is 0 Å². The highest BCUT2D eigenvalue weighted by atomic mass is 16.6. The number of hydrogen-bond acceptors (Lipinski definition) is 11. The van der Waals surface area contributed by atoms with Crippen molar-refractivity contribution in [2.24, 2.45) is 0 Å². The highest BCUT2D eigenvalue weighted by Crippen LogP contribution is 2.18. The lowest BCUT2D eigenvalue weighted by atomic mass is 10.2. The first-order valence-electron chi connectivity index (χ1n) is 14.3. The quantitative estimate of drug-likeness (QED) is 0.196. The number of benzene rings is 2. The number of hydrogen-bond donors (Lipinski definition) is 1. The number of aliphatic hydroxyl groups excluding tert-OH is 1. The standard InChI is InChI=1S/C15H17NO5.C13H16O4.C5H8O2/c1-2-20-14(18)12-8-16(9-13(12)17)15(19)21-10-11-6-4-3-5-7-11;1-2-16-12(14)8-9-13(15)17-10-11-6-4-3-5-7-11;1-3-5(6)7-4-2/h3-7,17H,2,8-10H2,1H3;3-7H,2,8-10H2,1H3;3H,1,4H2,2H3. The number of esters is 4. The van der Waals surface area contributed by atoms with Gasteiger partial charge in [0.25, 0.3) is 0 Å². The van der Waals surface area contributed by atoms with Crippen molar-refractivity contribution in [3.63, 3.8) is 0 Å². The van der Waals surface area contributed by atoms with E-state index in [0.29, 0.717) is 13.2 Å². The summed E-state index contributed by atoms with van der Waals surface area (Å²) >= 11 is 0. The summed E-state index contributed by atoms with van der Waals surface area (Å²) in [7, 11) is 0. The normalized spacial score (nSPS) is 11.5. The van der Waals surface area contributed by atoms with Crippen LogP contribution in [0.3, 0.4) is 0 Å². The third-order valence-corrected chi connectivity index (χ3v) is 5.56. The molecular weight excluding hydrogens is 586 g/mol. The summed E-state index contributed by atoms with van der Waals surface area (Å²) in [6, 6.07) is 18.7. The Balaban J connectivity index is 0.000000378. The van der Waals surface area contributed by atoms with Crippen LogP contribution in [0.4, 0.5) is 4.79 Å². The maximum atomic E-state index is 11.9. The van der Waals surface area contributed by atoms with Crippen LogP contribution in [0, 0.1) is 0 Å². The van der Waals surface area contributed by atoms with Gasteiger partial charge in [0.15, 0.2) is 0 Å². The molecule has 0 radical (unpaired) electrons. The van der Waals surface area contributed by atoms with Gasteiger partial charge in [-0.2, -0.15) is 0 Å². The zero-order chi connectivity index (χ0) is 33.5. The molecule has 0 aliphatic carbocycles. The number of ether oxygens (including phenoxy) is 5. The van der Waals surface area contributed by atoms with Crippen LogP contribution >= 0.6 is 0 Å². The molecule has 0 atom stereocenters. The fourth-order valence-electron chi connectivity index (χ4n) is 3.40. The molecule has 1 heterocycles. The van der Waals surface area contributed by atoms with Crippen LogP contribution < -0.4 is 0 Å². The van der Waals surface area contributed by atoms with Gasteiger partial charge >= 0.3 is 30.0 Å². The van der Waals surface area contributed by atoms with E-state index in [0.717, 1.165) is 17.2 Å². The van der Waals surface area contributed by atoms with Gasteiger partial charge in [-0.3, -0.25) is 14.5 Å². The smallest absolute Gasteiger partial charge is 0.410 e. The summed E-state index contributed by atoms with van der Waals surface area (Å²) in [4.78, 5) is 57.1. The predicted molar refractivity (Wildman–Crippen MR) is 163 cm³/mol. The maximum Gasteiger partial charge on any atom is 0.410 e. The van der Waals surface area contributed by atoms with Gasteiger partial charge in [-0.15, -0.1) is 0 Å². The fraction of sp³-hybridized carbons (Fsp3) is 0.364. The average molecular weight is 628 g/mol. The Kier molecular flexibility index (Phi) is 18.9. The monoisotopic (exact) mass is 627 g/mol. The Hall–Kier alpha value is -5.13. The summed E-state index contributed by atoms with van der Waals surface area (Å²) in [5.74, 6) is -1.87. The van der Waals surface area contributed by atoms with Crippen molar-refractivity contribution in [3.8, 4) is 0 Å². The second-order valence-corrected chi connectivity index (χ2v) is 8.95. The third-order valence-electron chi connectivity index (χ3n) is 5.56. The van der Waals surface area contributed by atoms with E-state index in [9.17, 15) is 29.1 Å². The van der Waals surface area contributed by atoms with Crippen LogP contribution in [0.15, 0.2) is 84.7 Å². The molecule has 45 heavy (non-hydrogen) atoms. The van der Waals surface area contributed by atoms with E-state index in [1.165, 1.54) is 4.90 Å². The summed E-state index contributed by atoms with van der Waals surface area (Å²) in [5, 5.41) is 9.72. The van der Waals surface area contributed by atoms with Crippen molar-refractivity contribution in [1.29, 1.82) is 0 Å². The van der Waals surface area contributed by atoms with Gasteiger partial charge in [0, 0.05) is 6.08 Å². The summed E-state index contributed by atoms with van der Waals surface area (Å²) < 4.78 is 24.1. The van der Waals surface area contributed by atoms with Crippen LogP contribution in [-0.2, 0) is 56.1 Å². The van der Waals surface area contributed by atoms with Gasteiger partial charge < -0.3 is 28.8 Å². The molecule has 12 nitrogen and oxygen atoms in total. The molecule has 1 aliphatic rings. The molecule has 1 N–H and O–H groups in total. The molecule has 0 fully saturated rings. The third kappa shape index (κ3) is 16.3. The van der Waals surface area contributed by atoms with Gasteiger partial charge in [0.1, 0.15) is 19.0 Å². The van der Waals surface area contributed by atoms with Gasteiger partial charge in [0.2, 0.25) is 0 Å². The molecule has 2 aromatic rings. The number of aliphatic hydroxyl groups is 1. The minimum absolute atomic E-state index is 0.00170. The largest absolute Gasteiger partial charge is 0.510 e. The Bertz CT molecular complexity index is 1260. The number of carbonyl (C=O) groups is 5. The van der Waals surface area contributed by atoms with Crippen molar-refractivity contribution >= 4 is 30.0 Å². The van der Waals surface area contributed by atoms with Crippen LogP contribution in [0.1, 0.15) is 44.7 Å². The van der Waals surface area contributed by atoms with E-state index in [-0.39, 0.29) is 75.0 Å². The molecular formula is C33H41NO11. The lowest BCUT2D eigenvalue weighted by Crippen LogP contribution is -2.30. The zero-order valence-electron chi connectivity index (χ0n) is 25.9. The van der Waals surface area contributed by atoms with Crippen molar-refractivity contribution in [2.75, 3.05) is 32.9 Å². The van der Waals surface area contributed by atoms with Crippen molar-refractivity contribution < 1.29 is 52.8 Å². The lowest BCUT2D eigenvalue weighted by Gasteiger charge is -2.15. The van der Waals surface area contributed by atoms with Gasteiger partial charge in [0.05, 0.1) is 51.3 Å². The molecule has 3 rings (SSSR count). The second kappa shape index (κ2) is 22.4. The average Bonchev–Trinajstić information content (AvgIpc) is 3.45. The first-order valence-corrected chi connectivity index (χ1v) is 14.3. The number of rotatable bonds is 12. The molecule has 0 saturated heterocycles. The lowest BCUT2D eigenvalue weighted by molar-refractivity contribution is -0.150. The van der Waals surface area contributed by atoms with E-state index >= 15 is 0 Å². The molecule has 244 valence electrons. The van der Waals surface area contributed by atoms with Gasteiger partial charge in [-0.1, -0.05) is 67.2 Å². The molecule has 12 heteroatoms. The summed E-state index contributed by atoms with van der Waals surface area (Å²) in [6.45, 7) is 9.67. The van der Waals surface area contributed by atoms with Crippen LogP contribution in [0.25, 0.3) is 0 Å². The molecule has 0 bridgehead atoms. The molecule has 0 spiro atoms. The number of nitrogens with zero attached hydrogens (tertiary/aromatic N) is 1. The molecule has 1 aliphatic heterocycles. The Labute approximate surface area is 263 Å². The first kappa shape index (κ1) is 37.9. The van der Waals surface area contributed by atoms with Crippen molar-refractivity contribution in [1.82, 2.24) is 4.90 Å². The van der Waals surface area contributed by atoms with E-state index < -0.39 is 12.1 Å². The predicted octanol–water partition coefficient (Wildman–Crippen LogP) is 4.82. The minimum atomic E-state index is -0.603. The van der Waals surface area contributed by atoms with Crippen LogP contribution in [-0.4, -0.2) is 72.9 Å². The van der Waals surface area contributed by atoms with Gasteiger partial charge in [-0.25, -0.2) is 14.4 Å². The molecule has 0 aromatic heterocycles. The summed E-state index contributed by atoms with van der Waals surface area (Å²) in [5.41, 5.74) is 1.90. The molecule has 0 saturated carbocycles. The van der Waals surface area contributed by atoms with E-state index in [4.69, 9.17) is 18.9 Å². The summed E-state index contributed by atoms with van der Waals surface area (Å²) in [6.07, 6.45) is 0.695. The van der Waals surface area contributed by atoms with Crippen molar-refractivity contribution in [3.05, 3.63) is 95.8 Å². The molecule has 1 amide bonds. The Morgan fingerprint density at radius 2 is 1.20 bits per heavy atom. The second-order valence-electron chi connectivity index (χ2n) is 8.95. The highest BCUT2D eigenvalue weighted by Gasteiger charge is 2.31. The first-order chi connectivity index (χ1) is 21.6.